The minimum Gasteiger partial charge on any atom is -0.486 e. The Labute approximate surface area is 195 Å². The van der Waals surface area contributed by atoms with Crippen molar-refractivity contribution in [3.05, 3.63) is 52.2 Å². The number of carbonyl (C=O) groups excluding carboxylic acids is 2. The van der Waals surface area contributed by atoms with Crippen LogP contribution in [0, 0.1) is 6.92 Å². The molecular weight excluding hydrogens is 448 g/mol. The van der Waals surface area contributed by atoms with Gasteiger partial charge in [-0.05, 0) is 38.0 Å². The molecule has 0 aliphatic heterocycles. The quantitative estimate of drug-likeness (QED) is 0.345. The number of nitrogens with one attached hydrogen (secondary N) is 1. The highest BCUT2D eigenvalue weighted by Gasteiger charge is 2.23. The van der Waals surface area contributed by atoms with Gasteiger partial charge in [0.15, 0.2) is 11.0 Å². The van der Waals surface area contributed by atoms with Crippen LogP contribution in [-0.4, -0.2) is 39.5 Å². The number of hydrogen-bond donors (Lipinski definition) is 1. The van der Waals surface area contributed by atoms with Gasteiger partial charge in [-0.1, -0.05) is 36.9 Å². The summed E-state index contributed by atoms with van der Waals surface area (Å²) in [4.78, 5) is 25.8. The van der Waals surface area contributed by atoms with Gasteiger partial charge in [0, 0.05) is 11.4 Å². The first-order valence-electron chi connectivity index (χ1n) is 10.2. The highest BCUT2D eigenvalue weighted by atomic mass is 32.2. The Morgan fingerprint density at radius 2 is 1.94 bits per heavy atom. The molecule has 0 atom stereocenters. The number of benzene rings is 1. The maximum atomic E-state index is 12.6. The third-order valence-electron chi connectivity index (χ3n) is 4.76. The fraction of sp³-hybridized carbons (Fsp3) is 0.364. The van der Waals surface area contributed by atoms with Crippen molar-refractivity contribution in [3.63, 3.8) is 0 Å². The second-order valence-electron chi connectivity index (χ2n) is 6.77. The SMILES string of the molecule is CCc1c(C)sc(NC(=O)CSc2nnc(COc3ccccc3)n2CC)c1C(=O)OC. The summed E-state index contributed by atoms with van der Waals surface area (Å²) in [6, 6.07) is 9.50. The lowest BCUT2D eigenvalue weighted by molar-refractivity contribution is -0.113. The van der Waals surface area contributed by atoms with Crippen molar-refractivity contribution in [2.24, 2.45) is 0 Å². The van der Waals surface area contributed by atoms with Crippen molar-refractivity contribution in [2.45, 2.75) is 45.5 Å². The number of hydrogen-bond acceptors (Lipinski definition) is 8. The van der Waals surface area contributed by atoms with Crippen LogP contribution in [0.25, 0.3) is 0 Å². The van der Waals surface area contributed by atoms with E-state index in [-0.39, 0.29) is 18.3 Å². The van der Waals surface area contributed by atoms with Crippen LogP contribution in [-0.2, 0) is 29.1 Å². The molecule has 1 amide bonds. The number of aromatic nitrogens is 3. The summed E-state index contributed by atoms with van der Waals surface area (Å²) in [7, 11) is 1.34. The number of para-hydroxylation sites is 1. The second kappa shape index (κ2) is 11.1. The number of nitrogens with zero attached hydrogens (tertiary/aromatic N) is 3. The molecule has 10 heteroatoms. The van der Waals surface area contributed by atoms with Crippen LogP contribution in [0.5, 0.6) is 5.75 Å². The molecule has 0 saturated carbocycles. The minimum atomic E-state index is -0.442. The van der Waals surface area contributed by atoms with Gasteiger partial charge in [0.25, 0.3) is 0 Å². The van der Waals surface area contributed by atoms with Gasteiger partial charge >= 0.3 is 5.97 Å². The average Bonchev–Trinajstić information content (AvgIpc) is 3.35. The summed E-state index contributed by atoms with van der Waals surface area (Å²) in [5.41, 5.74) is 1.34. The number of esters is 1. The molecule has 0 fully saturated rings. The van der Waals surface area contributed by atoms with Crippen LogP contribution in [0.4, 0.5) is 5.00 Å². The van der Waals surface area contributed by atoms with Gasteiger partial charge < -0.3 is 19.4 Å². The minimum absolute atomic E-state index is 0.136. The number of aryl methyl sites for hydroxylation is 1. The van der Waals surface area contributed by atoms with E-state index in [9.17, 15) is 9.59 Å². The van der Waals surface area contributed by atoms with E-state index in [0.717, 1.165) is 16.2 Å². The smallest absolute Gasteiger partial charge is 0.341 e. The van der Waals surface area contributed by atoms with E-state index < -0.39 is 5.97 Å². The summed E-state index contributed by atoms with van der Waals surface area (Å²) in [5, 5.41) is 12.4. The number of ether oxygens (including phenoxy) is 2. The van der Waals surface area contributed by atoms with E-state index in [1.54, 1.807) is 0 Å². The lowest BCUT2D eigenvalue weighted by Crippen LogP contribution is -2.17. The molecular formula is C22H26N4O4S2. The van der Waals surface area contributed by atoms with E-state index in [2.05, 4.69) is 15.5 Å². The van der Waals surface area contributed by atoms with E-state index in [4.69, 9.17) is 9.47 Å². The lowest BCUT2D eigenvalue weighted by atomic mass is 10.1. The van der Waals surface area contributed by atoms with Crippen LogP contribution in [0.2, 0.25) is 0 Å². The van der Waals surface area contributed by atoms with E-state index in [1.807, 2.05) is 55.7 Å². The molecule has 1 N–H and O–H groups in total. The first-order valence-corrected chi connectivity index (χ1v) is 12.0. The predicted molar refractivity (Wildman–Crippen MR) is 126 cm³/mol. The molecule has 0 saturated heterocycles. The van der Waals surface area contributed by atoms with Gasteiger partial charge in [-0.3, -0.25) is 4.79 Å². The number of anilines is 1. The monoisotopic (exact) mass is 474 g/mol. The maximum absolute atomic E-state index is 12.6. The Morgan fingerprint density at radius 1 is 1.19 bits per heavy atom. The molecule has 3 rings (SSSR count). The van der Waals surface area contributed by atoms with Crippen LogP contribution in [0.3, 0.4) is 0 Å². The number of amides is 1. The van der Waals surface area contributed by atoms with Crippen LogP contribution >= 0.6 is 23.1 Å². The summed E-state index contributed by atoms with van der Waals surface area (Å²) in [6.45, 7) is 6.83. The van der Waals surface area contributed by atoms with Crippen LogP contribution in [0.1, 0.15) is 40.5 Å². The molecule has 170 valence electrons. The number of carbonyl (C=O) groups is 2. The Bertz CT molecular complexity index is 1080. The molecule has 0 aliphatic carbocycles. The first-order chi connectivity index (χ1) is 15.5. The molecule has 0 unspecified atom stereocenters. The predicted octanol–water partition coefficient (Wildman–Crippen LogP) is 4.33. The van der Waals surface area contributed by atoms with Crippen molar-refractivity contribution in [1.82, 2.24) is 14.8 Å². The second-order valence-corrected chi connectivity index (χ2v) is 8.93. The standard InChI is InChI=1S/C22H26N4O4S2/c1-5-16-14(3)32-20(19(16)21(28)29-4)23-18(27)13-31-22-25-24-17(26(22)6-2)12-30-15-10-8-7-9-11-15/h7-11H,5-6,12-13H2,1-4H3,(H,23,27). The summed E-state index contributed by atoms with van der Waals surface area (Å²) < 4.78 is 12.6. The highest BCUT2D eigenvalue weighted by Crippen LogP contribution is 2.34. The first kappa shape index (κ1) is 23.8. The molecule has 1 aromatic carbocycles. The topological polar surface area (TPSA) is 95.3 Å². The van der Waals surface area contributed by atoms with Crippen molar-refractivity contribution in [2.75, 3.05) is 18.2 Å². The third kappa shape index (κ3) is 5.49. The molecule has 3 aromatic rings. The van der Waals surface area contributed by atoms with Crippen molar-refractivity contribution in [1.29, 1.82) is 0 Å². The fourth-order valence-corrected chi connectivity index (χ4v) is 5.19. The number of thioether (sulfide) groups is 1. The van der Waals surface area contributed by atoms with Gasteiger partial charge in [0.1, 0.15) is 17.4 Å². The zero-order valence-corrected chi connectivity index (χ0v) is 20.1. The number of methoxy groups -OCH3 is 1. The van der Waals surface area contributed by atoms with Crippen LogP contribution < -0.4 is 10.1 Å². The van der Waals surface area contributed by atoms with Gasteiger partial charge in [0.05, 0.1) is 18.4 Å². The summed E-state index contributed by atoms with van der Waals surface area (Å²) in [6.07, 6.45) is 0.685. The Hall–Kier alpha value is -2.85. The van der Waals surface area contributed by atoms with Crippen LogP contribution in [0.15, 0.2) is 35.5 Å². The molecule has 0 aliphatic rings. The Morgan fingerprint density at radius 3 is 2.59 bits per heavy atom. The summed E-state index contributed by atoms with van der Waals surface area (Å²) >= 11 is 2.67. The van der Waals surface area contributed by atoms with E-state index >= 15 is 0 Å². The van der Waals surface area contributed by atoms with E-state index in [1.165, 1.54) is 30.2 Å². The van der Waals surface area contributed by atoms with Gasteiger partial charge in [-0.2, -0.15) is 0 Å². The molecule has 8 nitrogen and oxygen atoms in total. The Kier molecular flexibility index (Phi) is 8.29. The maximum Gasteiger partial charge on any atom is 0.341 e. The zero-order chi connectivity index (χ0) is 23.1. The third-order valence-corrected chi connectivity index (χ3v) is 6.79. The molecule has 32 heavy (non-hydrogen) atoms. The summed E-state index contributed by atoms with van der Waals surface area (Å²) in [5.74, 6) is 0.913. The Balaban J connectivity index is 1.64. The lowest BCUT2D eigenvalue weighted by Gasteiger charge is -2.09. The normalized spacial score (nSPS) is 10.8. The largest absolute Gasteiger partial charge is 0.486 e. The molecule has 0 radical (unpaired) electrons. The van der Waals surface area contributed by atoms with Crippen molar-refractivity contribution < 1.29 is 19.1 Å². The van der Waals surface area contributed by atoms with Gasteiger partial charge in [0.2, 0.25) is 5.91 Å². The molecule has 0 bridgehead atoms. The van der Waals surface area contributed by atoms with E-state index in [0.29, 0.717) is 34.5 Å². The molecule has 2 heterocycles. The van der Waals surface area contributed by atoms with Gasteiger partial charge in [-0.15, -0.1) is 21.5 Å². The average molecular weight is 475 g/mol. The number of rotatable bonds is 10. The molecule has 0 spiro atoms. The fourth-order valence-electron chi connectivity index (χ4n) is 3.22. The molecule has 2 aromatic heterocycles. The van der Waals surface area contributed by atoms with Gasteiger partial charge in [-0.25, -0.2) is 4.79 Å². The van der Waals surface area contributed by atoms with Crippen molar-refractivity contribution in [3.8, 4) is 5.75 Å². The van der Waals surface area contributed by atoms with Crippen molar-refractivity contribution >= 4 is 40.0 Å². The zero-order valence-electron chi connectivity index (χ0n) is 18.5. The number of thiophene rings is 1. The highest BCUT2D eigenvalue weighted by molar-refractivity contribution is 7.99.